The highest BCUT2D eigenvalue weighted by Crippen LogP contribution is 2.37. The van der Waals surface area contributed by atoms with Crippen molar-refractivity contribution in [3.8, 4) is 23.0 Å². The van der Waals surface area contributed by atoms with Crippen LogP contribution in [0.5, 0.6) is 23.0 Å². The van der Waals surface area contributed by atoms with Gasteiger partial charge in [-0.25, -0.2) is 0 Å². The summed E-state index contributed by atoms with van der Waals surface area (Å²) in [6.07, 6.45) is 0. The highest BCUT2D eigenvalue weighted by atomic mass is 16.6. The van der Waals surface area contributed by atoms with Gasteiger partial charge in [-0.05, 0) is 24.3 Å². The van der Waals surface area contributed by atoms with Gasteiger partial charge in [-0.1, -0.05) is 0 Å². The van der Waals surface area contributed by atoms with E-state index in [0.29, 0.717) is 30.5 Å². The molecule has 1 amide bonds. The van der Waals surface area contributed by atoms with E-state index in [1.165, 1.54) is 12.1 Å². The van der Waals surface area contributed by atoms with Crippen molar-refractivity contribution in [3.63, 3.8) is 0 Å². The fourth-order valence-corrected chi connectivity index (χ4v) is 2.11. The molecule has 0 radical (unpaired) electrons. The average molecular weight is 316 g/mol. The summed E-state index contributed by atoms with van der Waals surface area (Å²) in [4.78, 5) is 21.6. The van der Waals surface area contributed by atoms with Gasteiger partial charge in [-0.3, -0.25) is 14.9 Å². The number of nitrogens with zero attached hydrogens (tertiary/aromatic N) is 1. The summed E-state index contributed by atoms with van der Waals surface area (Å²) in [5, 5.41) is 11.1. The van der Waals surface area contributed by atoms with Gasteiger partial charge in [-0.15, -0.1) is 0 Å². The highest BCUT2D eigenvalue weighted by Gasteiger charge is 2.19. The molecule has 8 nitrogen and oxygen atoms in total. The Morgan fingerprint density at radius 2 is 1.87 bits per heavy atom. The molecule has 8 heteroatoms. The molecule has 0 spiro atoms. The van der Waals surface area contributed by atoms with E-state index in [9.17, 15) is 14.9 Å². The van der Waals surface area contributed by atoms with E-state index in [1.54, 1.807) is 18.2 Å². The maximum atomic E-state index is 11.1. The van der Waals surface area contributed by atoms with Crippen molar-refractivity contribution in [3.05, 3.63) is 52.1 Å². The average Bonchev–Trinajstić information content (AvgIpc) is 2.54. The summed E-state index contributed by atoms with van der Waals surface area (Å²) in [5.41, 5.74) is 4.81. The number of hydrogen-bond donors (Lipinski definition) is 1. The van der Waals surface area contributed by atoms with Gasteiger partial charge in [0.2, 0.25) is 11.7 Å². The van der Waals surface area contributed by atoms with E-state index in [1.807, 2.05) is 0 Å². The fourth-order valence-electron chi connectivity index (χ4n) is 2.11. The quantitative estimate of drug-likeness (QED) is 0.683. The van der Waals surface area contributed by atoms with Crippen LogP contribution in [0.1, 0.15) is 10.4 Å². The fraction of sp³-hybridized carbons (Fsp3) is 0.133. The Morgan fingerprint density at radius 3 is 2.57 bits per heavy atom. The zero-order chi connectivity index (χ0) is 16.4. The molecule has 0 fully saturated rings. The second-order valence-electron chi connectivity index (χ2n) is 4.71. The number of carbonyl (C=O) groups excluding carboxylic acids is 1. The van der Waals surface area contributed by atoms with Crippen molar-refractivity contribution in [2.75, 3.05) is 13.2 Å². The zero-order valence-electron chi connectivity index (χ0n) is 11.9. The molecule has 1 heterocycles. The van der Waals surface area contributed by atoms with Gasteiger partial charge >= 0.3 is 5.69 Å². The third-order valence-electron chi connectivity index (χ3n) is 3.18. The normalized spacial score (nSPS) is 12.5. The first kappa shape index (κ1) is 14.6. The standard InChI is InChI=1S/C15H12N2O6/c16-15(18)9-1-3-12(11(7-9)17(19)20)23-10-2-4-13-14(8-10)22-6-5-21-13/h1-4,7-8H,5-6H2,(H2,16,18). The molecule has 0 atom stereocenters. The second kappa shape index (κ2) is 5.84. The van der Waals surface area contributed by atoms with Crippen molar-refractivity contribution in [2.45, 2.75) is 0 Å². The van der Waals surface area contributed by atoms with E-state index in [0.717, 1.165) is 6.07 Å². The summed E-state index contributed by atoms with van der Waals surface area (Å²) < 4.78 is 16.4. The molecule has 23 heavy (non-hydrogen) atoms. The van der Waals surface area contributed by atoms with Gasteiger partial charge in [0.25, 0.3) is 0 Å². The van der Waals surface area contributed by atoms with Crippen LogP contribution in [0.3, 0.4) is 0 Å². The van der Waals surface area contributed by atoms with Gasteiger partial charge in [0.05, 0.1) is 4.92 Å². The zero-order valence-corrected chi connectivity index (χ0v) is 11.9. The van der Waals surface area contributed by atoms with E-state index in [-0.39, 0.29) is 17.0 Å². The van der Waals surface area contributed by atoms with Gasteiger partial charge < -0.3 is 19.9 Å². The Bertz CT molecular complexity index is 790. The van der Waals surface area contributed by atoms with Crippen molar-refractivity contribution in [1.29, 1.82) is 0 Å². The van der Waals surface area contributed by atoms with Crippen molar-refractivity contribution < 1.29 is 23.9 Å². The van der Waals surface area contributed by atoms with Crippen LogP contribution in [0, 0.1) is 10.1 Å². The number of nitrogens with two attached hydrogens (primary N) is 1. The van der Waals surface area contributed by atoms with Crippen molar-refractivity contribution >= 4 is 11.6 Å². The minimum Gasteiger partial charge on any atom is -0.486 e. The van der Waals surface area contributed by atoms with E-state index in [2.05, 4.69) is 0 Å². The molecule has 2 N–H and O–H groups in total. The van der Waals surface area contributed by atoms with Crippen LogP contribution in [0.4, 0.5) is 5.69 Å². The van der Waals surface area contributed by atoms with Crippen LogP contribution in [0.15, 0.2) is 36.4 Å². The molecule has 2 aromatic rings. The largest absolute Gasteiger partial charge is 0.486 e. The Hall–Kier alpha value is -3.29. The predicted molar refractivity (Wildman–Crippen MR) is 79.1 cm³/mol. The van der Waals surface area contributed by atoms with E-state index >= 15 is 0 Å². The Balaban J connectivity index is 1.93. The smallest absolute Gasteiger partial charge is 0.312 e. The lowest BCUT2D eigenvalue weighted by Crippen LogP contribution is -2.15. The molecule has 118 valence electrons. The third kappa shape index (κ3) is 3.00. The number of carbonyl (C=O) groups is 1. The minimum absolute atomic E-state index is 0.00308. The van der Waals surface area contributed by atoms with Crippen LogP contribution in [0.2, 0.25) is 0 Å². The first-order valence-electron chi connectivity index (χ1n) is 6.70. The number of nitro groups is 1. The number of amides is 1. The Kier molecular flexibility index (Phi) is 3.71. The highest BCUT2D eigenvalue weighted by molar-refractivity contribution is 5.93. The number of benzene rings is 2. The molecule has 0 unspecified atom stereocenters. The molecule has 1 aliphatic rings. The molecule has 0 saturated carbocycles. The van der Waals surface area contributed by atoms with Gasteiger partial charge in [0.15, 0.2) is 11.5 Å². The molecule has 0 saturated heterocycles. The predicted octanol–water partition coefficient (Wildman–Crippen LogP) is 2.26. The van der Waals surface area contributed by atoms with E-state index < -0.39 is 10.8 Å². The van der Waals surface area contributed by atoms with Crippen molar-refractivity contribution in [2.24, 2.45) is 5.73 Å². The summed E-state index contributed by atoms with van der Waals surface area (Å²) in [5.74, 6) is 0.687. The van der Waals surface area contributed by atoms with Gasteiger partial charge in [0, 0.05) is 17.7 Å². The summed E-state index contributed by atoms with van der Waals surface area (Å²) in [6, 6.07) is 8.63. The Labute approximate surface area is 130 Å². The van der Waals surface area contributed by atoms with Crippen LogP contribution >= 0.6 is 0 Å². The maximum Gasteiger partial charge on any atom is 0.312 e. The second-order valence-corrected chi connectivity index (χ2v) is 4.71. The maximum absolute atomic E-state index is 11.1. The van der Waals surface area contributed by atoms with Gasteiger partial charge in [0.1, 0.15) is 19.0 Å². The molecule has 0 aromatic heterocycles. The number of nitro benzene ring substituents is 1. The van der Waals surface area contributed by atoms with E-state index in [4.69, 9.17) is 19.9 Å². The van der Waals surface area contributed by atoms with Crippen LogP contribution in [-0.2, 0) is 0 Å². The van der Waals surface area contributed by atoms with Crippen LogP contribution in [0.25, 0.3) is 0 Å². The lowest BCUT2D eigenvalue weighted by Gasteiger charge is -2.18. The third-order valence-corrected chi connectivity index (χ3v) is 3.18. The Morgan fingerprint density at radius 1 is 1.13 bits per heavy atom. The lowest BCUT2D eigenvalue weighted by molar-refractivity contribution is -0.385. The van der Waals surface area contributed by atoms with Crippen LogP contribution < -0.4 is 19.9 Å². The SMILES string of the molecule is NC(=O)c1ccc(Oc2ccc3c(c2)OCCO3)c([N+](=O)[O-])c1. The number of rotatable bonds is 4. The molecular formula is C15H12N2O6. The number of ether oxygens (including phenoxy) is 3. The molecule has 0 aliphatic carbocycles. The first-order chi connectivity index (χ1) is 11.0. The summed E-state index contributed by atoms with van der Waals surface area (Å²) in [7, 11) is 0. The molecule has 3 rings (SSSR count). The molecular weight excluding hydrogens is 304 g/mol. The topological polar surface area (TPSA) is 114 Å². The number of hydrogen-bond acceptors (Lipinski definition) is 6. The molecule has 0 bridgehead atoms. The van der Waals surface area contributed by atoms with Gasteiger partial charge in [-0.2, -0.15) is 0 Å². The first-order valence-corrected chi connectivity index (χ1v) is 6.70. The number of primary amides is 1. The summed E-state index contributed by atoms with van der Waals surface area (Å²) in [6.45, 7) is 0.886. The molecule has 2 aromatic carbocycles. The molecule has 1 aliphatic heterocycles. The number of fused-ring (bicyclic) bond motifs is 1. The monoisotopic (exact) mass is 316 g/mol. The minimum atomic E-state index is -0.751. The van der Waals surface area contributed by atoms with Crippen LogP contribution in [-0.4, -0.2) is 24.0 Å². The lowest BCUT2D eigenvalue weighted by atomic mass is 10.2. The summed E-state index contributed by atoms with van der Waals surface area (Å²) >= 11 is 0. The van der Waals surface area contributed by atoms with Crippen molar-refractivity contribution in [1.82, 2.24) is 0 Å².